The Bertz CT molecular complexity index is 459. The Morgan fingerprint density at radius 3 is 2.76 bits per heavy atom. The Morgan fingerprint density at radius 1 is 1.52 bits per heavy atom. The van der Waals surface area contributed by atoms with Crippen molar-refractivity contribution in [3.63, 3.8) is 0 Å². The van der Waals surface area contributed by atoms with E-state index in [0.29, 0.717) is 12.3 Å². The average Bonchev–Trinajstić information content (AvgIpc) is 2.88. The number of imidazole rings is 1. The lowest BCUT2D eigenvalue weighted by atomic mass is 10.1. The van der Waals surface area contributed by atoms with E-state index in [1.54, 1.807) is 0 Å². The molecule has 1 rings (SSSR count). The van der Waals surface area contributed by atoms with Crippen molar-refractivity contribution >= 4 is 12.0 Å². The maximum atomic E-state index is 11.8. The predicted octanol–water partition coefficient (Wildman–Crippen LogP) is 0.520. The Morgan fingerprint density at radius 2 is 2.24 bits per heavy atom. The Hall–Kier alpha value is -2.09. The summed E-state index contributed by atoms with van der Waals surface area (Å²) in [7, 11) is 0. The zero-order valence-corrected chi connectivity index (χ0v) is 12.5. The van der Waals surface area contributed by atoms with Gasteiger partial charge >= 0.3 is 12.0 Å². The smallest absolute Gasteiger partial charge is 0.326 e. The topological polar surface area (TPSA) is 116 Å². The number of aliphatic carboxylic acids is 1. The number of ether oxygens (including phenoxy) is 1. The van der Waals surface area contributed by atoms with Crippen LogP contribution in [0.2, 0.25) is 0 Å². The number of carbonyl (C=O) groups excluding carboxylic acids is 1. The SMILES string of the molecule is CCOC(C)(C)CNC(=O)NC(Cc1cnc[nH]1)C(=O)O. The van der Waals surface area contributed by atoms with Crippen molar-refractivity contribution in [2.75, 3.05) is 13.2 Å². The zero-order valence-electron chi connectivity index (χ0n) is 12.5. The largest absolute Gasteiger partial charge is 0.480 e. The second-order valence-corrected chi connectivity index (χ2v) is 5.19. The Kier molecular flexibility index (Phi) is 6.16. The number of carboxylic acid groups (broad SMARTS) is 1. The summed E-state index contributed by atoms with van der Waals surface area (Å²) < 4.78 is 5.45. The van der Waals surface area contributed by atoms with Crippen molar-refractivity contribution in [2.45, 2.75) is 38.8 Å². The van der Waals surface area contributed by atoms with Crippen LogP contribution in [0.15, 0.2) is 12.5 Å². The number of hydrogen-bond acceptors (Lipinski definition) is 4. The average molecular weight is 298 g/mol. The lowest BCUT2D eigenvalue weighted by molar-refractivity contribution is -0.139. The molecular weight excluding hydrogens is 276 g/mol. The fraction of sp³-hybridized carbons (Fsp3) is 0.615. The minimum absolute atomic E-state index is 0.137. The molecule has 1 heterocycles. The van der Waals surface area contributed by atoms with Gasteiger partial charge in [-0.1, -0.05) is 0 Å². The highest BCUT2D eigenvalue weighted by atomic mass is 16.5. The molecule has 0 radical (unpaired) electrons. The number of rotatable bonds is 8. The minimum atomic E-state index is -1.11. The molecule has 0 saturated carbocycles. The summed E-state index contributed by atoms with van der Waals surface area (Å²) in [5, 5.41) is 14.2. The predicted molar refractivity (Wildman–Crippen MR) is 76.0 cm³/mol. The number of nitrogens with zero attached hydrogens (tertiary/aromatic N) is 1. The fourth-order valence-corrected chi connectivity index (χ4v) is 1.76. The molecule has 1 aromatic heterocycles. The van der Waals surface area contributed by atoms with E-state index in [4.69, 9.17) is 9.84 Å². The van der Waals surface area contributed by atoms with Crippen LogP contribution in [0.25, 0.3) is 0 Å². The van der Waals surface area contributed by atoms with E-state index in [1.807, 2.05) is 20.8 Å². The number of aromatic nitrogens is 2. The lowest BCUT2D eigenvalue weighted by Gasteiger charge is -2.25. The molecule has 0 aromatic carbocycles. The maximum Gasteiger partial charge on any atom is 0.326 e. The van der Waals surface area contributed by atoms with Gasteiger partial charge in [0.2, 0.25) is 0 Å². The first kappa shape index (κ1) is 17.0. The van der Waals surface area contributed by atoms with Crippen LogP contribution in [0.1, 0.15) is 26.5 Å². The van der Waals surface area contributed by atoms with Crippen LogP contribution in [-0.4, -0.2) is 51.9 Å². The molecule has 118 valence electrons. The summed E-state index contributed by atoms with van der Waals surface area (Å²) >= 11 is 0. The van der Waals surface area contributed by atoms with Gasteiger partial charge in [-0.3, -0.25) is 0 Å². The molecule has 2 amide bonds. The first-order valence-corrected chi connectivity index (χ1v) is 6.72. The summed E-state index contributed by atoms with van der Waals surface area (Å²) in [6, 6.07) is -1.57. The summed E-state index contributed by atoms with van der Waals surface area (Å²) in [6.07, 6.45) is 3.12. The number of amides is 2. The van der Waals surface area contributed by atoms with Gasteiger partial charge in [-0.05, 0) is 20.8 Å². The number of hydrogen-bond donors (Lipinski definition) is 4. The van der Waals surface area contributed by atoms with Crippen LogP contribution in [0.3, 0.4) is 0 Å². The first-order chi connectivity index (χ1) is 9.84. The van der Waals surface area contributed by atoms with E-state index in [9.17, 15) is 9.59 Å². The standard InChI is InChI=1S/C13H22N4O4/c1-4-21-13(2,3)7-15-12(20)17-10(11(18)19)5-9-6-14-8-16-9/h6,8,10H,4-5,7H2,1-3H3,(H,14,16)(H,18,19)(H2,15,17,20). The molecule has 4 N–H and O–H groups in total. The number of carboxylic acids is 1. The van der Waals surface area contributed by atoms with Crippen molar-refractivity contribution in [2.24, 2.45) is 0 Å². The van der Waals surface area contributed by atoms with Crippen LogP contribution < -0.4 is 10.6 Å². The third-order valence-corrected chi connectivity index (χ3v) is 2.79. The molecule has 0 aliphatic rings. The maximum absolute atomic E-state index is 11.8. The van der Waals surface area contributed by atoms with Gasteiger partial charge in [0.1, 0.15) is 6.04 Å². The van der Waals surface area contributed by atoms with Gasteiger partial charge in [0.05, 0.1) is 11.9 Å². The molecule has 21 heavy (non-hydrogen) atoms. The first-order valence-electron chi connectivity index (χ1n) is 6.72. The molecule has 1 atom stereocenters. The van der Waals surface area contributed by atoms with E-state index in [-0.39, 0.29) is 13.0 Å². The number of urea groups is 1. The second kappa shape index (κ2) is 7.63. The molecule has 0 bridgehead atoms. The van der Waals surface area contributed by atoms with Gasteiger partial charge in [0, 0.05) is 31.5 Å². The number of nitrogens with one attached hydrogen (secondary N) is 3. The van der Waals surface area contributed by atoms with E-state index in [2.05, 4.69) is 20.6 Å². The van der Waals surface area contributed by atoms with Crippen molar-refractivity contribution in [3.8, 4) is 0 Å². The van der Waals surface area contributed by atoms with Crippen LogP contribution in [0.4, 0.5) is 4.79 Å². The molecule has 1 aromatic rings. The Labute approximate surface area is 123 Å². The monoisotopic (exact) mass is 298 g/mol. The van der Waals surface area contributed by atoms with Crippen molar-refractivity contribution in [3.05, 3.63) is 18.2 Å². The minimum Gasteiger partial charge on any atom is -0.480 e. The molecule has 8 heteroatoms. The number of H-pyrrole nitrogens is 1. The van der Waals surface area contributed by atoms with E-state index in [1.165, 1.54) is 12.5 Å². The third-order valence-electron chi connectivity index (χ3n) is 2.79. The van der Waals surface area contributed by atoms with Crippen molar-refractivity contribution in [1.29, 1.82) is 0 Å². The molecule has 1 unspecified atom stereocenters. The lowest BCUT2D eigenvalue weighted by Crippen LogP contribution is -2.50. The van der Waals surface area contributed by atoms with Crippen LogP contribution in [-0.2, 0) is 16.0 Å². The summed E-state index contributed by atoms with van der Waals surface area (Å²) in [6.45, 7) is 6.37. The van der Waals surface area contributed by atoms with Gasteiger partial charge in [0.25, 0.3) is 0 Å². The highest BCUT2D eigenvalue weighted by Crippen LogP contribution is 2.06. The van der Waals surface area contributed by atoms with Gasteiger partial charge in [-0.25, -0.2) is 14.6 Å². The molecule has 8 nitrogen and oxygen atoms in total. The molecule has 0 aliphatic heterocycles. The molecule has 0 spiro atoms. The normalized spacial score (nSPS) is 12.7. The van der Waals surface area contributed by atoms with Crippen molar-refractivity contribution in [1.82, 2.24) is 20.6 Å². The van der Waals surface area contributed by atoms with Gasteiger partial charge in [-0.15, -0.1) is 0 Å². The Balaban J connectivity index is 2.48. The molecule has 0 fully saturated rings. The number of carbonyl (C=O) groups is 2. The van der Waals surface area contributed by atoms with Gasteiger partial charge in [0.15, 0.2) is 0 Å². The summed E-state index contributed by atoms with van der Waals surface area (Å²) in [5.74, 6) is -1.11. The highest BCUT2D eigenvalue weighted by Gasteiger charge is 2.23. The highest BCUT2D eigenvalue weighted by molar-refractivity contribution is 5.82. The summed E-state index contributed by atoms with van der Waals surface area (Å²) in [5.41, 5.74) is 0.131. The van der Waals surface area contributed by atoms with Crippen molar-refractivity contribution < 1.29 is 19.4 Å². The van der Waals surface area contributed by atoms with Gasteiger partial charge < -0.3 is 25.5 Å². The fourth-order valence-electron chi connectivity index (χ4n) is 1.76. The van der Waals surface area contributed by atoms with Crippen LogP contribution in [0.5, 0.6) is 0 Å². The molecule has 0 aliphatic carbocycles. The van der Waals surface area contributed by atoms with Crippen LogP contribution in [0, 0.1) is 0 Å². The second-order valence-electron chi connectivity index (χ2n) is 5.19. The molecular formula is C13H22N4O4. The molecule has 0 saturated heterocycles. The van der Waals surface area contributed by atoms with Gasteiger partial charge in [-0.2, -0.15) is 0 Å². The summed E-state index contributed by atoms with van der Waals surface area (Å²) in [4.78, 5) is 29.5. The zero-order chi connectivity index (χ0) is 15.9. The van der Waals surface area contributed by atoms with E-state index < -0.39 is 23.6 Å². The van der Waals surface area contributed by atoms with E-state index in [0.717, 1.165) is 0 Å². The quantitative estimate of drug-likeness (QED) is 0.558. The van der Waals surface area contributed by atoms with Crippen LogP contribution >= 0.6 is 0 Å². The number of aromatic amines is 1. The van der Waals surface area contributed by atoms with E-state index >= 15 is 0 Å². The third kappa shape index (κ3) is 6.26.